The topological polar surface area (TPSA) is 53.2 Å². The van der Waals surface area contributed by atoms with Gasteiger partial charge in [0.15, 0.2) is 5.11 Å². The number of amides is 1. The van der Waals surface area contributed by atoms with Gasteiger partial charge in [0.2, 0.25) is 5.91 Å². The number of carbonyl (C=O) groups excluding carboxylic acids is 1. The Morgan fingerprint density at radius 1 is 0.906 bits per heavy atom. The second-order valence-corrected chi connectivity index (χ2v) is 8.39. The van der Waals surface area contributed by atoms with E-state index in [9.17, 15) is 18.0 Å². The number of thiocarbonyl (C=S) groups is 1. The second kappa shape index (κ2) is 10.7. The molecule has 1 amide bonds. The molecular formula is C22H17ClF3N3OS2. The van der Waals surface area contributed by atoms with Crippen LogP contribution < -0.4 is 16.0 Å². The first kappa shape index (κ1) is 23.9. The molecule has 0 unspecified atom stereocenters. The van der Waals surface area contributed by atoms with Gasteiger partial charge in [-0.05, 0) is 60.7 Å². The Morgan fingerprint density at radius 3 is 2.31 bits per heavy atom. The van der Waals surface area contributed by atoms with Crippen molar-refractivity contribution < 1.29 is 18.0 Å². The summed E-state index contributed by atoms with van der Waals surface area (Å²) in [5.41, 5.74) is 0.225. The highest BCUT2D eigenvalue weighted by molar-refractivity contribution is 8.00. The van der Waals surface area contributed by atoms with Crippen molar-refractivity contribution >= 4 is 63.7 Å². The van der Waals surface area contributed by atoms with E-state index in [-0.39, 0.29) is 16.5 Å². The van der Waals surface area contributed by atoms with E-state index in [1.54, 1.807) is 18.2 Å². The fraction of sp³-hybridized carbons (Fsp3) is 0.0909. The minimum absolute atomic E-state index is 0.0614. The van der Waals surface area contributed by atoms with Gasteiger partial charge in [-0.25, -0.2) is 0 Å². The molecule has 166 valence electrons. The molecule has 0 aliphatic heterocycles. The highest BCUT2D eigenvalue weighted by atomic mass is 35.5. The van der Waals surface area contributed by atoms with Gasteiger partial charge in [0.1, 0.15) is 0 Å². The lowest BCUT2D eigenvalue weighted by Crippen LogP contribution is -2.19. The number of hydrogen-bond acceptors (Lipinski definition) is 3. The molecule has 0 spiro atoms. The van der Waals surface area contributed by atoms with Crippen molar-refractivity contribution in [2.24, 2.45) is 0 Å². The molecule has 0 atom stereocenters. The van der Waals surface area contributed by atoms with Crippen LogP contribution in [-0.4, -0.2) is 16.8 Å². The predicted molar refractivity (Wildman–Crippen MR) is 129 cm³/mol. The molecule has 3 rings (SSSR count). The quantitative estimate of drug-likeness (QED) is 0.256. The first-order valence-electron chi connectivity index (χ1n) is 9.23. The minimum atomic E-state index is -4.63. The first-order chi connectivity index (χ1) is 15.2. The minimum Gasteiger partial charge on any atom is -0.332 e. The smallest absolute Gasteiger partial charge is 0.332 e. The van der Waals surface area contributed by atoms with Crippen molar-refractivity contribution in [2.45, 2.75) is 11.1 Å². The summed E-state index contributed by atoms with van der Waals surface area (Å²) in [6.07, 6.45) is -4.63. The Bertz CT molecular complexity index is 1110. The highest BCUT2D eigenvalue weighted by Crippen LogP contribution is 2.36. The third kappa shape index (κ3) is 7.15. The highest BCUT2D eigenvalue weighted by Gasteiger charge is 2.34. The molecule has 10 heteroatoms. The van der Waals surface area contributed by atoms with Gasteiger partial charge in [-0.2, -0.15) is 13.2 Å². The monoisotopic (exact) mass is 495 g/mol. The average Bonchev–Trinajstić information content (AvgIpc) is 2.74. The van der Waals surface area contributed by atoms with Gasteiger partial charge in [-0.15, -0.1) is 11.8 Å². The third-order valence-corrected chi connectivity index (χ3v) is 5.49. The second-order valence-electron chi connectivity index (χ2n) is 6.50. The summed E-state index contributed by atoms with van der Waals surface area (Å²) in [5.74, 6) is -0.641. The summed E-state index contributed by atoms with van der Waals surface area (Å²) in [7, 11) is 0. The molecule has 3 aromatic rings. The van der Waals surface area contributed by atoms with Gasteiger partial charge in [0.25, 0.3) is 0 Å². The van der Waals surface area contributed by atoms with Crippen LogP contribution in [-0.2, 0) is 11.0 Å². The maximum atomic E-state index is 13.2. The molecule has 32 heavy (non-hydrogen) atoms. The number of benzene rings is 3. The van der Waals surface area contributed by atoms with E-state index in [2.05, 4.69) is 16.0 Å². The Morgan fingerprint density at radius 2 is 1.59 bits per heavy atom. The molecule has 0 bridgehead atoms. The van der Waals surface area contributed by atoms with Crippen molar-refractivity contribution in [3.63, 3.8) is 0 Å². The van der Waals surface area contributed by atoms with Crippen LogP contribution in [0.5, 0.6) is 0 Å². The number of para-hydroxylation sites is 1. The molecule has 3 N–H and O–H groups in total. The third-order valence-electron chi connectivity index (χ3n) is 4.05. The summed E-state index contributed by atoms with van der Waals surface area (Å²) in [6, 6.07) is 19.8. The Balaban J connectivity index is 1.57. The molecule has 0 radical (unpaired) electrons. The normalized spacial score (nSPS) is 11.0. The average molecular weight is 496 g/mol. The molecule has 0 aromatic heterocycles. The van der Waals surface area contributed by atoms with E-state index >= 15 is 0 Å². The summed E-state index contributed by atoms with van der Waals surface area (Å²) >= 11 is 12.1. The Hall–Kier alpha value is -2.75. The molecule has 0 fully saturated rings. The zero-order valence-corrected chi connectivity index (χ0v) is 18.8. The lowest BCUT2D eigenvalue weighted by molar-refractivity contribution is -0.137. The number of thioether (sulfide) groups is 1. The number of hydrogen-bond donors (Lipinski definition) is 3. The lowest BCUT2D eigenvalue weighted by Gasteiger charge is -2.14. The van der Waals surface area contributed by atoms with Crippen molar-refractivity contribution in [3.05, 3.63) is 83.4 Å². The van der Waals surface area contributed by atoms with Gasteiger partial charge in [0, 0.05) is 21.3 Å². The van der Waals surface area contributed by atoms with Crippen molar-refractivity contribution in [3.8, 4) is 0 Å². The van der Waals surface area contributed by atoms with Crippen molar-refractivity contribution in [1.29, 1.82) is 0 Å². The maximum absolute atomic E-state index is 13.2. The van der Waals surface area contributed by atoms with Crippen molar-refractivity contribution in [2.75, 3.05) is 21.7 Å². The van der Waals surface area contributed by atoms with Crippen LogP contribution in [0.1, 0.15) is 5.56 Å². The van der Waals surface area contributed by atoms with Crippen LogP contribution in [0.25, 0.3) is 0 Å². The number of alkyl halides is 3. The number of nitrogens with one attached hydrogen (secondary N) is 3. The van der Waals surface area contributed by atoms with Crippen LogP contribution >= 0.6 is 35.6 Å². The number of anilines is 3. The van der Waals surface area contributed by atoms with Crippen LogP contribution in [0.2, 0.25) is 5.02 Å². The SMILES string of the molecule is O=C(CSc1cccc(NC(=S)Nc2ccccc2)c1)Nc1ccc(Cl)cc1C(F)(F)F. The zero-order chi connectivity index (χ0) is 23.1. The van der Waals surface area contributed by atoms with Crippen LogP contribution in [0.15, 0.2) is 77.7 Å². The molecule has 3 aromatic carbocycles. The predicted octanol–water partition coefficient (Wildman–Crippen LogP) is 6.90. The zero-order valence-electron chi connectivity index (χ0n) is 16.4. The molecular weight excluding hydrogens is 479 g/mol. The lowest BCUT2D eigenvalue weighted by atomic mass is 10.1. The molecule has 0 aliphatic rings. The molecule has 0 saturated heterocycles. The van der Waals surface area contributed by atoms with Crippen LogP contribution in [0, 0.1) is 0 Å². The Labute approximate surface area is 197 Å². The summed E-state index contributed by atoms with van der Waals surface area (Å²) < 4.78 is 39.5. The number of rotatable bonds is 6. The van der Waals surface area contributed by atoms with Gasteiger partial charge in [-0.1, -0.05) is 35.9 Å². The molecule has 0 saturated carbocycles. The van der Waals surface area contributed by atoms with Gasteiger partial charge >= 0.3 is 6.18 Å². The number of halogens is 4. The number of carbonyl (C=O) groups is 1. The summed E-state index contributed by atoms with van der Waals surface area (Å²) in [6.45, 7) is 0. The molecule has 0 heterocycles. The van der Waals surface area contributed by atoms with Crippen molar-refractivity contribution in [1.82, 2.24) is 0 Å². The fourth-order valence-electron chi connectivity index (χ4n) is 2.67. The summed E-state index contributed by atoms with van der Waals surface area (Å²) in [4.78, 5) is 13.0. The maximum Gasteiger partial charge on any atom is 0.418 e. The largest absolute Gasteiger partial charge is 0.418 e. The van der Waals surface area contributed by atoms with E-state index in [0.29, 0.717) is 10.8 Å². The van der Waals surface area contributed by atoms with Crippen LogP contribution in [0.3, 0.4) is 0 Å². The Kier molecular flexibility index (Phi) is 8.00. The fourth-order valence-corrected chi connectivity index (χ4v) is 3.84. The van der Waals surface area contributed by atoms with Gasteiger partial charge in [-0.3, -0.25) is 4.79 Å². The molecule has 0 aliphatic carbocycles. The van der Waals surface area contributed by atoms with E-state index in [4.69, 9.17) is 23.8 Å². The van der Waals surface area contributed by atoms with E-state index in [1.165, 1.54) is 17.8 Å². The van der Waals surface area contributed by atoms with E-state index in [0.717, 1.165) is 22.7 Å². The van der Waals surface area contributed by atoms with E-state index in [1.807, 2.05) is 36.4 Å². The van der Waals surface area contributed by atoms with E-state index < -0.39 is 17.6 Å². The van der Waals surface area contributed by atoms with Gasteiger partial charge < -0.3 is 16.0 Å². The molecule has 4 nitrogen and oxygen atoms in total. The standard InChI is InChI=1S/C22H17ClF3N3OS2/c23-14-9-10-19(18(11-14)22(24,25)26)29-20(30)13-32-17-8-4-7-16(12-17)28-21(31)27-15-5-2-1-3-6-15/h1-12H,13H2,(H,29,30)(H2,27,28,31). The van der Waals surface area contributed by atoms with Crippen LogP contribution in [0.4, 0.5) is 30.2 Å². The summed E-state index contributed by atoms with van der Waals surface area (Å²) in [5, 5.41) is 8.76. The first-order valence-corrected chi connectivity index (χ1v) is 11.0. The van der Waals surface area contributed by atoms with Gasteiger partial charge in [0.05, 0.1) is 17.0 Å².